The normalized spacial score (nSPS) is 11.4. The van der Waals surface area contributed by atoms with Crippen LogP contribution in [0.3, 0.4) is 0 Å². The summed E-state index contributed by atoms with van der Waals surface area (Å²) in [7, 11) is 0. The Morgan fingerprint density at radius 2 is 2.00 bits per heavy atom. The molecule has 0 aliphatic carbocycles. The molecule has 10 heteroatoms. The average Bonchev–Trinajstić information content (AvgIpc) is 3.23. The maximum absolute atomic E-state index is 13.9. The molecule has 4 rings (SSSR count). The van der Waals surface area contributed by atoms with E-state index in [1.807, 2.05) is 24.4 Å². The highest BCUT2D eigenvalue weighted by atomic mass is 79.9. The molecule has 148 valence electrons. The number of aromatic amines is 1. The van der Waals surface area contributed by atoms with Crippen LogP contribution in [0.1, 0.15) is 22.4 Å². The summed E-state index contributed by atoms with van der Waals surface area (Å²) >= 11 is 0. The zero-order valence-electron chi connectivity index (χ0n) is 14.5. The largest absolute Gasteiger partial charge is 0.473 e. The molecule has 3 aromatic rings. The van der Waals surface area contributed by atoms with Gasteiger partial charge < -0.3 is 9.64 Å². The van der Waals surface area contributed by atoms with Crippen molar-refractivity contribution in [1.29, 1.82) is 5.26 Å². The number of fused-ring (bicyclic) bond motifs is 1. The van der Waals surface area contributed by atoms with Gasteiger partial charge in [0.25, 0.3) is 0 Å². The highest BCUT2D eigenvalue weighted by Gasteiger charge is 2.22. The molecule has 0 saturated heterocycles. The number of H-pyrrole nitrogens is 1. The summed E-state index contributed by atoms with van der Waals surface area (Å²) in [6.07, 6.45) is 1.89. The van der Waals surface area contributed by atoms with Crippen molar-refractivity contribution in [2.24, 2.45) is 0 Å². The monoisotopic (exact) mass is 575 g/mol. The van der Waals surface area contributed by atoms with Crippen LogP contribution in [0, 0.1) is 17.1 Å². The van der Waals surface area contributed by atoms with Crippen molar-refractivity contribution in [2.45, 2.75) is 19.7 Å². The summed E-state index contributed by atoms with van der Waals surface area (Å²) in [5.41, 5.74) is 2.85. The van der Waals surface area contributed by atoms with Gasteiger partial charge in [-0.1, -0.05) is 12.1 Å². The molecule has 0 radical (unpaired) electrons. The van der Waals surface area contributed by atoms with E-state index < -0.39 is 5.82 Å². The van der Waals surface area contributed by atoms with Crippen molar-refractivity contribution in [3.8, 4) is 11.9 Å². The molecule has 28 heavy (non-hydrogen) atoms. The van der Waals surface area contributed by atoms with Crippen LogP contribution in [0.15, 0.2) is 42.6 Å². The van der Waals surface area contributed by atoms with Crippen molar-refractivity contribution < 1.29 is 9.13 Å². The number of benzene rings is 1. The summed E-state index contributed by atoms with van der Waals surface area (Å²) in [5.74, 6) is 0.753. The minimum absolute atomic E-state index is 0. The lowest BCUT2D eigenvalue weighted by molar-refractivity contribution is 0.288. The third-order valence-corrected chi connectivity index (χ3v) is 4.10. The molecule has 3 heterocycles. The number of pyridine rings is 1. The average molecular weight is 578 g/mol. The van der Waals surface area contributed by atoms with Crippen molar-refractivity contribution in [1.82, 2.24) is 15.2 Å². The summed E-state index contributed by atoms with van der Waals surface area (Å²) in [4.78, 5) is 6.58. The molecule has 6 nitrogen and oxygen atoms in total. The van der Waals surface area contributed by atoms with Crippen LogP contribution >= 0.6 is 50.9 Å². The van der Waals surface area contributed by atoms with E-state index in [4.69, 9.17) is 10.00 Å². The van der Waals surface area contributed by atoms with Crippen molar-refractivity contribution in [2.75, 3.05) is 4.90 Å². The summed E-state index contributed by atoms with van der Waals surface area (Å²) < 4.78 is 19.5. The number of halogens is 4. The Morgan fingerprint density at radius 3 is 2.71 bits per heavy atom. The van der Waals surface area contributed by atoms with Gasteiger partial charge >= 0.3 is 0 Å². The van der Waals surface area contributed by atoms with Gasteiger partial charge in [-0.05, 0) is 18.2 Å². The molecule has 1 N–H and O–H groups in total. The second kappa shape index (κ2) is 10.5. The summed E-state index contributed by atoms with van der Waals surface area (Å²) in [5, 5.41) is 15.8. The van der Waals surface area contributed by atoms with E-state index in [1.54, 1.807) is 18.2 Å². The smallest absolute Gasteiger partial charge is 0.215 e. The van der Waals surface area contributed by atoms with Crippen LogP contribution in [0.5, 0.6) is 5.88 Å². The van der Waals surface area contributed by atoms with Crippen LogP contribution < -0.4 is 9.64 Å². The fourth-order valence-electron chi connectivity index (χ4n) is 2.77. The molecule has 0 atom stereocenters. The van der Waals surface area contributed by atoms with Crippen LogP contribution in [0.25, 0.3) is 0 Å². The molecule has 2 aromatic heterocycles. The first-order valence-corrected chi connectivity index (χ1v) is 7.78. The Labute approximate surface area is 193 Å². The van der Waals surface area contributed by atoms with Crippen LogP contribution in [-0.4, -0.2) is 15.2 Å². The van der Waals surface area contributed by atoms with Gasteiger partial charge in [-0.25, -0.2) is 4.39 Å². The maximum Gasteiger partial charge on any atom is 0.215 e. The number of hydrogen-bond acceptors (Lipinski definition) is 5. The Kier molecular flexibility index (Phi) is 9.07. The second-order valence-corrected chi connectivity index (χ2v) is 5.75. The van der Waals surface area contributed by atoms with E-state index in [1.165, 1.54) is 6.07 Å². The van der Waals surface area contributed by atoms with E-state index in [0.717, 1.165) is 23.6 Å². The highest BCUT2D eigenvalue weighted by Crippen LogP contribution is 2.26. The van der Waals surface area contributed by atoms with Gasteiger partial charge in [0.1, 0.15) is 18.2 Å². The van der Waals surface area contributed by atoms with Gasteiger partial charge in [-0.2, -0.15) is 15.3 Å². The predicted molar refractivity (Wildman–Crippen MR) is 119 cm³/mol. The van der Waals surface area contributed by atoms with Crippen LogP contribution in [-0.2, 0) is 19.7 Å². The second-order valence-electron chi connectivity index (χ2n) is 5.75. The Balaban J connectivity index is 0.00000131. The molecular formula is C18H17Br3FN5O. The zero-order valence-corrected chi connectivity index (χ0v) is 19.6. The molecule has 1 aliphatic rings. The molecule has 0 unspecified atom stereocenters. The van der Waals surface area contributed by atoms with Crippen LogP contribution in [0.4, 0.5) is 10.2 Å². The lowest BCUT2D eigenvalue weighted by Crippen LogP contribution is -2.16. The zero-order chi connectivity index (χ0) is 17.2. The topological polar surface area (TPSA) is 77.8 Å². The van der Waals surface area contributed by atoms with Gasteiger partial charge in [0.05, 0.1) is 23.9 Å². The number of nitriles is 1. The number of anilines is 1. The lowest BCUT2D eigenvalue weighted by atomic mass is 10.1. The Morgan fingerprint density at radius 1 is 1.18 bits per heavy atom. The molecule has 0 saturated carbocycles. The van der Waals surface area contributed by atoms with Crippen molar-refractivity contribution >= 4 is 56.8 Å². The molecule has 0 bridgehead atoms. The molecule has 0 amide bonds. The number of aromatic nitrogens is 3. The molecule has 0 spiro atoms. The van der Waals surface area contributed by atoms with Gasteiger partial charge in [0.15, 0.2) is 0 Å². The van der Waals surface area contributed by atoms with Crippen molar-refractivity contribution in [3.63, 3.8) is 0 Å². The number of ether oxygens (including phenoxy) is 1. The van der Waals surface area contributed by atoms with E-state index in [0.29, 0.717) is 18.0 Å². The minimum atomic E-state index is -0.458. The standard InChI is InChI=1S/C18H14FN5O.3BrH/c19-15-6-12(7-20)4-5-13(15)11-25-18-3-1-2-17(22-18)24-9-14-8-21-23-16(14)10-24;;;/h1-6,8H,9-11H2,(H,21,23);3*1H. The number of hydrogen-bond donors (Lipinski definition) is 1. The first kappa shape index (κ1) is 24.1. The molecule has 0 fully saturated rings. The van der Waals surface area contributed by atoms with E-state index >= 15 is 0 Å². The third-order valence-electron chi connectivity index (χ3n) is 4.10. The Bertz CT molecular complexity index is 955. The number of rotatable bonds is 4. The number of nitrogens with one attached hydrogen (secondary N) is 1. The van der Waals surface area contributed by atoms with E-state index in [2.05, 4.69) is 20.1 Å². The maximum atomic E-state index is 13.9. The molecule has 1 aliphatic heterocycles. The highest BCUT2D eigenvalue weighted by molar-refractivity contribution is 8.93. The fourth-order valence-corrected chi connectivity index (χ4v) is 2.77. The van der Waals surface area contributed by atoms with Gasteiger partial charge in [0.2, 0.25) is 5.88 Å². The summed E-state index contributed by atoms with van der Waals surface area (Å²) in [6, 6.07) is 11.7. The molecule has 1 aromatic carbocycles. The first-order valence-electron chi connectivity index (χ1n) is 7.78. The summed E-state index contributed by atoms with van der Waals surface area (Å²) in [6.45, 7) is 1.49. The fraction of sp³-hybridized carbons (Fsp3) is 0.167. The predicted octanol–water partition coefficient (Wildman–Crippen LogP) is 4.65. The SMILES string of the molecule is Br.Br.Br.N#Cc1ccc(COc2cccc(N3Cc4c[nH]nc4C3)n2)c(F)c1. The van der Waals surface area contributed by atoms with E-state index in [9.17, 15) is 4.39 Å². The van der Waals surface area contributed by atoms with Crippen molar-refractivity contribution in [3.05, 3.63) is 70.8 Å². The first-order chi connectivity index (χ1) is 12.2. The molecular weight excluding hydrogens is 561 g/mol. The lowest BCUT2D eigenvalue weighted by Gasteiger charge is -2.17. The Hall–Kier alpha value is -1.96. The van der Waals surface area contributed by atoms with Gasteiger partial charge in [0, 0.05) is 29.9 Å². The van der Waals surface area contributed by atoms with Gasteiger partial charge in [-0.3, -0.25) is 5.10 Å². The van der Waals surface area contributed by atoms with E-state index in [-0.39, 0.29) is 63.1 Å². The third kappa shape index (κ3) is 5.10. The van der Waals surface area contributed by atoms with Crippen LogP contribution in [0.2, 0.25) is 0 Å². The van der Waals surface area contributed by atoms with Gasteiger partial charge in [-0.15, -0.1) is 50.9 Å². The quantitative estimate of drug-likeness (QED) is 0.488. The minimum Gasteiger partial charge on any atom is -0.473 e. The number of nitrogens with zero attached hydrogens (tertiary/aromatic N) is 4.